The molecule has 2 N–H and O–H groups in total. The summed E-state index contributed by atoms with van der Waals surface area (Å²) in [7, 11) is 0. The molecule has 1 fully saturated rings. The van der Waals surface area contributed by atoms with Crippen LogP contribution in [0.25, 0.3) is 0 Å². The molecule has 5 nitrogen and oxygen atoms in total. The van der Waals surface area contributed by atoms with E-state index in [2.05, 4.69) is 10.6 Å². The summed E-state index contributed by atoms with van der Waals surface area (Å²) in [6, 6.07) is 11.6. The van der Waals surface area contributed by atoms with Gasteiger partial charge in [0.2, 0.25) is 11.8 Å². The third-order valence-electron chi connectivity index (χ3n) is 4.18. The fourth-order valence-electron chi connectivity index (χ4n) is 2.81. The van der Waals surface area contributed by atoms with Crippen molar-refractivity contribution in [1.82, 2.24) is 0 Å². The highest BCUT2D eigenvalue weighted by Crippen LogP contribution is 2.23. The van der Waals surface area contributed by atoms with Crippen LogP contribution in [0, 0.1) is 12.7 Å². The Labute approximate surface area is 145 Å². The molecular formula is C19H20FN3O2. The molecule has 25 heavy (non-hydrogen) atoms. The smallest absolute Gasteiger partial charge is 0.243 e. The Morgan fingerprint density at radius 3 is 2.64 bits per heavy atom. The van der Waals surface area contributed by atoms with Crippen LogP contribution in [0.3, 0.4) is 0 Å². The number of nitrogens with zero attached hydrogens (tertiary/aromatic N) is 1. The molecule has 130 valence electrons. The topological polar surface area (TPSA) is 61.4 Å². The molecular weight excluding hydrogens is 321 g/mol. The Morgan fingerprint density at radius 1 is 1.20 bits per heavy atom. The summed E-state index contributed by atoms with van der Waals surface area (Å²) in [5, 5.41) is 5.71. The SMILES string of the molecule is Cc1ccc(F)cc1NCC(=O)Nc1ccc(N2CCCC2=O)cc1. The van der Waals surface area contributed by atoms with Crippen LogP contribution in [-0.2, 0) is 9.59 Å². The van der Waals surface area contributed by atoms with Gasteiger partial charge in [-0.25, -0.2) is 4.39 Å². The highest BCUT2D eigenvalue weighted by Gasteiger charge is 2.21. The lowest BCUT2D eigenvalue weighted by molar-refractivity contribution is -0.117. The van der Waals surface area contributed by atoms with E-state index in [-0.39, 0.29) is 24.2 Å². The third-order valence-corrected chi connectivity index (χ3v) is 4.18. The summed E-state index contributed by atoms with van der Waals surface area (Å²) in [4.78, 5) is 25.5. The first kappa shape index (κ1) is 17.0. The molecule has 2 aromatic rings. The molecule has 2 aromatic carbocycles. The van der Waals surface area contributed by atoms with Gasteiger partial charge in [0.1, 0.15) is 5.82 Å². The highest BCUT2D eigenvalue weighted by molar-refractivity contribution is 5.96. The zero-order chi connectivity index (χ0) is 17.8. The largest absolute Gasteiger partial charge is 0.376 e. The molecule has 3 rings (SSSR count). The normalized spacial score (nSPS) is 13.8. The van der Waals surface area contributed by atoms with Gasteiger partial charge in [-0.1, -0.05) is 6.07 Å². The molecule has 0 aliphatic carbocycles. The molecule has 0 saturated carbocycles. The van der Waals surface area contributed by atoms with Gasteiger partial charge in [0.05, 0.1) is 6.54 Å². The van der Waals surface area contributed by atoms with Gasteiger partial charge in [0.15, 0.2) is 0 Å². The monoisotopic (exact) mass is 341 g/mol. The van der Waals surface area contributed by atoms with Crippen molar-refractivity contribution in [3.8, 4) is 0 Å². The molecule has 1 aliphatic rings. The summed E-state index contributed by atoms with van der Waals surface area (Å²) in [5.41, 5.74) is 2.96. The maximum absolute atomic E-state index is 13.2. The van der Waals surface area contributed by atoms with E-state index in [4.69, 9.17) is 0 Å². The average molecular weight is 341 g/mol. The molecule has 2 amide bonds. The number of nitrogens with one attached hydrogen (secondary N) is 2. The molecule has 1 aliphatic heterocycles. The Kier molecular flexibility index (Phi) is 4.97. The van der Waals surface area contributed by atoms with Gasteiger partial charge in [-0.3, -0.25) is 9.59 Å². The first-order valence-corrected chi connectivity index (χ1v) is 8.23. The van der Waals surface area contributed by atoms with Crippen molar-refractivity contribution in [1.29, 1.82) is 0 Å². The van der Waals surface area contributed by atoms with Gasteiger partial charge in [-0.05, 0) is 55.3 Å². The molecule has 1 saturated heterocycles. The lowest BCUT2D eigenvalue weighted by Crippen LogP contribution is -2.24. The standard InChI is InChI=1S/C19H20FN3O2/c1-13-4-5-14(20)11-17(13)21-12-18(24)22-15-6-8-16(9-7-15)23-10-2-3-19(23)25/h4-9,11,21H,2-3,10,12H2,1H3,(H,22,24). The van der Waals surface area contributed by atoms with Crippen LogP contribution >= 0.6 is 0 Å². The summed E-state index contributed by atoms with van der Waals surface area (Å²) >= 11 is 0. The number of benzene rings is 2. The number of aryl methyl sites for hydroxylation is 1. The van der Waals surface area contributed by atoms with Crippen molar-refractivity contribution >= 4 is 28.9 Å². The first-order chi connectivity index (χ1) is 12.0. The second-order valence-electron chi connectivity index (χ2n) is 6.06. The number of anilines is 3. The highest BCUT2D eigenvalue weighted by atomic mass is 19.1. The lowest BCUT2D eigenvalue weighted by Gasteiger charge is -2.16. The van der Waals surface area contributed by atoms with Crippen molar-refractivity contribution in [3.05, 3.63) is 53.8 Å². The Balaban J connectivity index is 1.56. The van der Waals surface area contributed by atoms with E-state index in [1.807, 2.05) is 19.1 Å². The number of hydrogen-bond acceptors (Lipinski definition) is 3. The average Bonchev–Trinajstić information content (AvgIpc) is 3.02. The molecule has 0 bridgehead atoms. The Morgan fingerprint density at radius 2 is 1.96 bits per heavy atom. The maximum atomic E-state index is 13.2. The Bertz CT molecular complexity index is 790. The van der Waals surface area contributed by atoms with E-state index >= 15 is 0 Å². The van der Waals surface area contributed by atoms with Crippen molar-refractivity contribution in [2.24, 2.45) is 0 Å². The molecule has 6 heteroatoms. The molecule has 0 aromatic heterocycles. The molecule has 0 atom stereocenters. The number of halogens is 1. The predicted octanol–water partition coefficient (Wildman–Crippen LogP) is 3.31. The van der Waals surface area contributed by atoms with Gasteiger partial charge >= 0.3 is 0 Å². The van der Waals surface area contributed by atoms with E-state index in [1.165, 1.54) is 12.1 Å². The second-order valence-corrected chi connectivity index (χ2v) is 6.06. The van der Waals surface area contributed by atoms with Crippen LogP contribution in [0.4, 0.5) is 21.5 Å². The van der Waals surface area contributed by atoms with Crippen LogP contribution in [0.1, 0.15) is 18.4 Å². The van der Waals surface area contributed by atoms with E-state index in [1.54, 1.807) is 23.1 Å². The summed E-state index contributed by atoms with van der Waals surface area (Å²) < 4.78 is 13.2. The van der Waals surface area contributed by atoms with Crippen LogP contribution < -0.4 is 15.5 Å². The molecule has 1 heterocycles. The summed E-state index contributed by atoms with van der Waals surface area (Å²) in [5.74, 6) is -0.444. The number of carbonyl (C=O) groups excluding carboxylic acids is 2. The van der Waals surface area contributed by atoms with Gasteiger partial charge in [0, 0.05) is 30.0 Å². The fourth-order valence-corrected chi connectivity index (χ4v) is 2.81. The van der Waals surface area contributed by atoms with Crippen LogP contribution in [0.5, 0.6) is 0 Å². The van der Waals surface area contributed by atoms with E-state index in [0.717, 1.165) is 24.2 Å². The van der Waals surface area contributed by atoms with Crippen molar-refractivity contribution in [2.75, 3.05) is 28.6 Å². The molecule has 0 radical (unpaired) electrons. The minimum atomic E-state index is -0.347. The third kappa shape index (κ3) is 4.15. The van der Waals surface area contributed by atoms with Gasteiger partial charge in [-0.15, -0.1) is 0 Å². The number of rotatable bonds is 5. The van der Waals surface area contributed by atoms with E-state index in [0.29, 0.717) is 17.8 Å². The second kappa shape index (κ2) is 7.34. The minimum absolute atomic E-state index is 0.0383. The Hall–Kier alpha value is -2.89. The summed E-state index contributed by atoms with van der Waals surface area (Å²) in [6.45, 7) is 2.62. The van der Waals surface area contributed by atoms with Crippen molar-refractivity contribution in [3.63, 3.8) is 0 Å². The predicted molar refractivity (Wildman–Crippen MR) is 96.3 cm³/mol. The fraction of sp³-hybridized carbons (Fsp3) is 0.263. The summed E-state index contributed by atoms with van der Waals surface area (Å²) in [6.07, 6.45) is 1.46. The van der Waals surface area contributed by atoms with Gasteiger partial charge < -0.3 is 15.5 Å². The van der Waals surface area contributed by atoms with E-state index in [9.17, 15) is 14.0 Å². The number of hydrogen-bond donors (Lipinski definition) is 2. The van der Waals surface area contributed by atoms with Crippen LogP contribution in [0.2, 0.25) is 0 Å². The van der Waals surface area contributed by atoms with Crippen LogP contribution in [-0.4, -0.2) is 24.9 Å². The quantitative estimate of drug-likeness (QED) is 0.877. The lowest BCUT2D eigenvalue weighted by atomic mass is 10.2. The zero-order valence-electron chi connectivity index (χ0n) is 14.0. The van der Waals surface area contributed by atoms with Crippen LogP contribution in [0.15, 0.2) is 42.5 Å². The van der Waals surface area contributed by atoms with E-state index < -0.39 is 0 Å². The minimum Gasteiger partial charge on any atom is -0.376 e. The number of amides is 2. The first-order valence-electron chi connectivity index (χ1n) is 8.23. The maximum Gasteiger partial charge on any atom is 0.243 e. The number of carbonyl (C=O) groups is 2. The molecule has 0 spiro atoms. The van der Waals surface area contributed by atoms with Crippen molar-refractivity contribution < 1.29 is 14.0 Å². The van der Waals surface area contributed by atoms with Crippen molar-refractivity contribution in [2.45, 2.75) is 19.8 Å². The zero-order valence-corrected chi connectivity index (χ0v) is 14.0. The van der Waals surface area contributed by atoms with Gasteiger partial charge in [0.25, 0.3) is 0 Å². The van der Waals surface area contributed by atoms with Gasteiger partial charge in [-0.2, -0.15) is 0 Å². The molecule has 0 unspecified atom stereocenters.